The molecule has 4 aromatic carbocycles. The molecule has 6 atom stereocenters. The van der Waals surface area contributed by atoms with E-state index < -0.39 is 42.3 Å². The Bertz CT molecular complexity index is 1480. The van der Waals surface area contributed by atoms with Gasteiger partial charge in [0.25, 0.3) is 6.17 Å². The molecule has 0 amide bonds. The van der Waals surface area contributed by atoms with Crippen molar-refractivity contribution >= 4 is 5.97 Å². The van der Waals surface area contributed by atoms with Crippen molar-refractivity contribution in [2.75, 3.05) is 13.2 Å². The summed E-state index contributed by atoms with van der Waals surface area (Å²) < 4.78 is 52.7. The number of hydrogen-bond acceptors (Lipinski definition) is 8. The summed E-state index contributed by atoms with van der Waals surface area (Å²) in [5.41, 5.74) is 3.40. The molecule has 47 heavy (non-hydrogen) atoms. The van der Waals surface area contributed by atoms with Crippen LogP contribution in [0.2, 0.25) is 0 Å². The number of halogens is 1. The molecule has 0 spiro atoms. The number of carbonyl (C=O) groups is 1. The Kier molecular flexibility index (Phi) is 12.6. The number of carbonyl (C=O) groups excluding carboxylic acids is 1. The second-order valence-electron chi connectivity index (χ2n) is 11.3. The van der Waals surface area contributed by atoms with Gasteiger partial charge in [-0.1, -0.05) is 121 Å². The van der Waals surface area contributed by atoms with Crippen LogP contribution < -0.4 is 0 Å². The molecule has 0 saturated carbocycles. The standard InChI is InChI=1S/C38H41FO8/c1-2-43-37(40)35(39)38(41)36(46-26-31-21-13-6-14-22-31)34(45-25-30-19-11-5-12-20-30)33(44-24-29-17-9-4-10-18-29)32(47-38)27-42-23-28-15-7-3-8-16-28/h3-22,32-36,41H,2,23-27H2,1H3/t32-,33+,34+,35?,36-,38+/m1/s1. The Labute approximate surface area is 275 Å². The van der Waals surface area contributed by atoms with E-state index in [2.05, 4.69) is 0 Å². The first-order valence-electron chi connectivity index (χ1n) is 15.8. The molecule has 9 heteroatoms. The van der Waals surface area contributed by atoms with Gasteiger partial charge >= 0.3 is 5.97 Å². The van der Waals surface area contributed by atoms with Crippen LogP contribution >= 0.6 is 0 Å². The van der Waals surface area contributed by atoms with Crippen LogP contribution in [0.3, 0.4) is 0 Å². The highest BCUT2D eigenvalue weighted by Crippen LogP contribution is 2.39. The van der Waals surface area contributed by atoms with Crippen LogP contribution in [0, 0.1) is 0 Å². The Balaban J connectivity index is 1.51. The third-order valence-electron chi connectivity index (χ3n) is 7.83. The molecule has 1 aliphatic heterocycles. The van der Waals surface area contributed by atoms with Crippen LogP contribution in [0.4, 0.5) is 4.39 Å². The maximum atomic E-state index is 16.2. The number of hydrogen-bond donors (Lipinski definition) is 1. The van der Waals surface area contributed by atoms with Gasteiger partial charge < -0.3 is 33.5 Å². The fraction of sp³-hybridized carbons (Fsp3) is 0.342. The van der Waals surface area contributed by atoms with Gasteiger partial charge in [-0.05, 0) is 29.2 Å². The van der Waals surface area contributed by atoms with Crippen LogP contribution in [-0.4, -0.2) is 60.7 Å². The number of rotatable bonds is 16. The maximum absolute atomic E-state index is 16.2. The van der Waals surface area contributed by atoms with Crippen molar-refractivity contribution < 1.29 is 42.7 Å². The summed E-state index contributed by atoms with van der Waals surface area (Å²) in [5.74, 6) is -4.09. The largest absolute Gasteiger partial charge is 0.464 e. The average Bonchev–Trinajstić information content (AvgIpc) is 3.11. The number of esters is 1. The smallest absolute Gasteiger partial charge is 0.346 e. The molecule has 8 nitrogen and oxygen atoms in total. The second kappa shape index (κ2) is 17.3. The molecule has 1 unspecified atom stereocenters. The molecule has 4 aromatic rings. The lowest BCUT2D eigenvalue weighted by atomic mass is 9.88. The summed E-state index contributed by atoms with van der Waals surface area (Å²) in [6, 6.07) is 37.7. The summed E-state index contributed by atoms with van der Waals surface area (Å²) in [7, 11) is 0. The van der Waals surface area contributed by atoms with Gasteiger partial charge in [0, 0.05) is 0 Å². The van der Waals surface area contributed by atoms with Gasteiger partial charge in [-0.15, -0.1) is 0 Å². The summed E-state index contributed by atoms with van der Waals surface area (Å²) in [6.07, 6.45) is -7.24. The summed E-state index contributed by atoms with van der Waals surface area (Å²) in [4.78, 5) is 12.9. The molecule has 1 saturated heterocycles. The second-order valence-corrected chi connectivity index (χ2v) is 11.3. The van der Waals surface area contributed by atoms with Crippen molar-refractivity contribution in [3.63, 3.8) is 0 Å². The maximum Gasteiger partial charge on any atom is 0.346 e. The normalized spacial score (nSPS) is 23.2. The van der Waals surface area contributed by atoms with Crippen LogP contribution in [0.1, 0.15) is 29.2 Å². The molecule has 0 radical (unpaired) electrons. The Morgan fingerprint density at radius 3 is 1.60 bits per heavy atom. The predicted octanol–water partition coefficient (Wildman–Crippen LogP) is 5.95. The monoisotopic (exact) mass is 644 g/mol. The summed E-state index contributed by atoms with van der Waals surface area (Å²) >= 11 is 0. The minimum atomic E-state index is -2.81. The van der Waals surface area contributed by atoms with Crippen LogP contribution in [-0.2, 0) is 59.6 Å². The van der Waals surface area contributed by atoms with Gasteiger partial charge in [-0.3, -0.25) is 0 Å². The molecule has 248 valence electrons. The number of aliphatic hydroxyl groups is 1. The minimum absolute atomic E-state index is 0.0293. The van der Waals surface area contributed by atoms with E-state index in [4.69, 9.17) is 28.4 Å². The first-order valence-corrected chi connectivity index (χ1v) is 15.8. The van der Waals surface area contributed by atoms with Gasteiger partial charge in [-0.2, -0.15) is 0 Å². The third kappa shape index (κ3) is 9.32. The highest BCUT2D eigenvalue weighted by molar-refractivity contribution is 5.76. The molecular weight excluding hydrogens is 603 g/mol. The lowest BCUT2D eigenvalue weighted by Crippen LogP contribution is -2.71. The number of ether oxygens (including phenoxy) is 6. The van der Waals surface area contributed by atoms with Gasteiger partial charge in [0.05, 0.1) is 39.6 Å². The lowest BCUT2D eigenvalue weighted by Gasteiger charge is -2.50. The molecule has 1 fully saturated rings. The van der Waals surface area contributed by atoms with Crippen molar-refractivity contribution in [3.05, 3.63) is 144 Å². The number of benzene rings is 4. The average molecular weight is 645 g/mol. The Hall–Kier alpha value is -3.96. The van der Waals surface area contributed by atoms with E-state index in [-0.39, 0.29) is 39.6 Å². The van der Waals surface area contributed by atoms with Gasteiger partial charge in [0.2, 0.25) is 5.79 Å². The van der Waals surface area contributed by atoms with Gasteiger partial charge in [0.1, 0.15) is 24.4 Å². The molecule has 5 rings (SSSR count). The summed E-state index contributed by atoms with van der Waals surface area (Å²) in [6.45, 7) is 1.80. The van der Waals surface area contributed by atoms with Crippen molar-refractivity contribution in [2.24, 2.45) is 0 Å². The van der Waals surface area contributed by atoms with E-state index in [0.29, 0.717) is 0 Å². The Morgan fingerprint density at radius 2 is 1.13 bits per heavy atom. The highest BCUT2D eigenvalue weighted by atomic mass is 19.1. The SMILES string of the molecule is CCOC(=O)C(F)[C@]1(O)O[C@H](COCc2ccccc2)[C@H](OCc2ccccc2)[C@H](OCc2ccccc2)[C@H]1OCc1ccccc1. The lowest BCUT2D eigenvalue weighted by molar-refractivity contribution is -0.383. The first-order chi connectivity index (χ1) is 23.0. The zero-order valence-corrected chi connectivity index (χ0v) is 26.4. The van der Waals surface area contributed by atoms with Gasteiger partial charge in [0.15, 0.2) is 0 Å². The quantitative estimate of drug-likeness (QED) is 0.150. The molecule has 0 aromatic heterocycles. The molecule has 0 bridgehead atoms. The van der Waals surface area contributed by atoms with Crippen molar-refractivity contribution in [1.29, 1.82) is 0 Å². The number of alkyl halides is 1. The van der Waals surface area contributed by atoms with Crippen molar-refractivity contribution in [3.8, 4) is 0 Å². The molecule has 1 aliphatic rings. The van der Waals surface area contributed by atoms with Crippen LogP contribution in [0.15, 0.2) is 121 Å². The van der Waals surface area contributed by atoms with Crippen molar-refractivity contribution in [2.45, 2.75) is 69.7 Å². The summed E-state index contributed by atoms with van der Waals surface area (Å²) in [5, 5.41) is 12.1. The molecule has 1 N–H and O–H groups in total. The van der Waals surface area contributed by atoms with Gasteiger partial charge in [-0.25, -0.2) is 9.18 Å². The minimum Gasteiger partial charge on any atom is -0.464 e. The topological polar surface area (TPSA) is 92.7 Å². The molecule has 1 heterocycles. The van der Waals surface area contributed by atoms with E-state index in [1.165, 1.54) is 0 Å². The van der Waals surface area contributed by atoms with E-state index in [1.807, 2.05) is 121 Å². The zero-order chi connectivity index (χ0) is 32.9. The van der Waals surface area contributed by atoms with Crippen molar-refractivity contribution in [1.82, 2.24) is 0 Å². The highest BCUT2D eigenvalue weighted by Gasteiger charge is 2.62. The van der Waals surface area contributed by atoms with E-state index in [9.17, 15) is 9.90 Å². The molecule has 0 aliphatic carbocycles. The fourth-order valence-electron chi connectivity index (χ4n) is 5.47. The first kappa shape index (κ1) is 34.4. The van der Waals surface area contributed by atoms with E-state index in [1.54, 1.807) is 6.92 Å². The van der Waals surface area contributed by atoms with Crippen LogP contribution in [0.5, 0.6) is 0 Å². The Morgan fingerprint density at radius 1 is 0.702 bits per heavy atom. The zero-order valence-electron chi connectivity index (χ0n) is 26.4. The third-order valence-corrected chi connectivity index (χ3v) is 7.83. The van der Waals surface area contributed by atoms with Crippen LogP contribution in [0.25, 0.3) is 0 Å². The van der Waals surface area contributed by atoms with E-state index >= 15 is 4.39 Å². The van der Waals surface area contributed by atoms with E-state index in [0.717, 1.165) is 22.3 Å². The molecular formula is C38H41FO8. The fourth-order valence-corrected chi connectivity index (χ4v) is 5.47. The predicted molar refractivity (Wildman–Crippen MR) is 173 cm³/mol.